The van der Waals surface area contributed by atoms with Crippen molar-refractivity contribution in [1.82, 2.24) is 9.55 Å². The molecule has 0 atom stereocenters. The zero-order valence-corrected chi connectivity index (χ0v) is 13.2. The van der Waals surface area contributed by atoms with Crippen LogP contribution in [0.15, 0.2) is 29.1 Å². The van der Waals surface area contributed by atoms with Crippen LogP contribution in [-0.2, 0) is 12.4 Å². The first-order valence-electron chi connectivity index (χ1n) is 6.91. The van der Waals surface area contributed by atoms with Gasteiger partial charge in [0, 0.05) is 6.54 Å². The third-order valence-electron chi connectivity index (χ3n) is 4.19. The second-order valence-corrected chi connectivity index (χ2v) is 6.48. The standard InChI is InChI=1S/C16H21ClN2O/c1-11(2)16(3,4)10-19-14(9-17)18-13-8-6-5-7-12(13)15(19)20/h5-8,11H,9-10H2,1-4H3. The Bertz CT molecular complexity index is 674. The average Bonchev–Trinajstić information content (AvgIpc) is 2.41. The molecule has 3 nitrogen and oxygen atoms in total. The van der Waals surface area contributed by atoms with Crippen molar-refractivity contribution >= 4 is 22.5 Å². The van der Waals surface area contributed by atoms with Gasteiger partial charge in [0.15, 0.2) is 0 Å². The van der Waals surface area contributed by atoms with Gasteiger partial charge in [0.05, 0.1) is 16.8 Å². The Labute approximate surface area is 124 Å². The number of rotatable bonds is 4. The molecule has 0 aliphatic heterocycles. The number of fused-ring (bicyclic) bond motifs is 1. The molecule has 2 rings (SSSR count). The molecule has 0 unspecified atom stereocenters. The second-order valence-electron chi connectivity index (χ2n) is 6.21. The molecule has 1 heterocycles. The first kappa shape index (κ1) is 15.0. The van der Waals surface area contributed by atoms with Crippen molar-refractivity contribution in [2.45, 2.75) is 40.1 Å². The van der Waals surface area contributed by atoms with E-state index in [1.54, 1.807) is 4.57 Å². The summed E-state index contributed by atoms with van der Waals surface area (Å²) in [4.78, 5) is 17.2. The molecule has 1 aromatic carbocycles. The van der Waals surface area contributed by atoms with Crippen molar-refractivity contribution in [3.63, 3.8) is 0 Å². The van der Waals surface area contributed by atoms with Gasteiger partial charge in [-0.15, -0.1) is 11.6 Å². The van der Waals surface area contributed by atoms with Crippen molar-refractivity contribution in [1.29, 1.82) is 0 Å². The van der Waals surface area contributed by atoms with Crippen LogP contribution in [0.5, 0.6) is 0 Å². The number of nitrogens with zero attached hydrogens (tertiary/aromatic N) is 2. The van der Waals surface area contributed by atoms with Crippen LogP contribution >= 0.6 is 11.6 Å². The van der Waals surface area contributed by atoms with Gasteiger partial charge in [0.25, 0.3) is 5.56 Å². The van der Waals surface area contributed by atoms with Crippen LogP contribution in [0.2, 0.25) is 0 Å². The Morgan fingerprint density at radius 2 is 1.95 bits per heavy atom. The van der Waals surface area contributed by atoms with Crippen molar-refractivity contribution in [3.05, 3.63) is 40.4 Å². The van der Waals surface area contributed by atoms with Gasteiger partial charge >= 0.3 is 0 Å². The average molecular weight is 293 g/mol. The van der Waals surface area contributed by atoms with E-state index in [9.17, 15) is 4.79 Å². The number of hydrogen-bond donors (Lipinski definition) is 0. The summed E-state index contributed by atoms with van der Waals surface area (Å²) in [6.45, 7) is 9.29. The smallest absolute Gasteiger partial charge is 0.261 e. The number of halogens is 1. The molecule has 0 saturated heterocycles. The van der Waals surface area contributed by atoms with E-state index in [2.05, 4.69) is 32.7 Å². The van der Waals surface area contributed by atoms with Gasteiger partial charge in [-0.2, -0.15) is 0 Å². The number of hydrogen-bond acceptors (Lipinski definition) is 2. The first-order valence-corrected chi connectivity index (χ1v) is 7.44. The number of aromatic nitrogens is 2. The van der Waals surface area contributed by atoms with E-state index in [4.69, 9.17) is 11.6 Å². The molecule has 0 amide bonds. The van der Waals surface area contributed by atoms with Gasteiger partial charge in [-0.1, -0.05) is 39.8 Å². The van der Waals surface area contributed by atoms with Gasteiger partial charge in [-0.3, -0.25) is 9.36 Å². The van der Waals surface area contributed by atoms with Crippen LogP contribution in [0.25, 0.3) is 10.9 Å². The summed E-state index contributed by atoms with van der Waals surface area (Å²) in [6, 6.07) is 7.42. The molecule has 0 N–H and O–H groups in total. The Balaban J connectivity index is 2.63. The highest BCUT2D eigenvalue weighted by molar-refractivity contribution is 6.16. The molecule has 2 aromatic rings. The Morgan fingerprint density at radius 1 is 1.30 bits per heavy atom. The maximum Gasteiger partial charge on any atom is 0.261 e. The van der Waals surface area contributed by atoms with E-state index in [1.807, 2.05) is 24.3 Å². The quantitative estimate of drug-likeness (QED) is 0.803. The van der Waals surface area contributed by atoms with Gasteiger partial charge < -0.3 is 0 Å². The minimum atomic E-state index is -0.0000231. The van der Waals surface area contributed by atoms with Crippen LogP contribution in [0.1, 0.15) is 33.5 Å². The molecular formula is C16H21ClN2O. The summed E-state index contributed by atoms with van der Waals surface area (Å²) in [7, 11) is 0. The maximum atomic E-state index is 12.7. The number of alkyl halides is 1. The van der Waals surface area contributed by atoms with Crippen molar-refractivity contribution in [3.8, 4) is 0 Å². The highest BCUT2D eigenvalue weighted by Gasteiger charge is 2.25. The van der Waals surface area contributed by atoms with Crippen LogP contribution in [0.3, 0.4) is 0 Å². The summed E-state index contributed by atoms with van der Waals surface area (Å²) in [6.07, 6.45) is 0. The summed E-state index contributed by atoms with van der Waals surface area (Å²) in [5, 5.41) is 0.654. The van der Waals surface area contributed by atoms with Crippen molar-refractivity contribution in [2.75, 3.05) is 0 Å². The molecule has 0 saturated carbocycles. The summed E-state index contributed by atoms with van der Waals surface area (Å²) < 4.78 is 1.73. The zero-order chi connectivity index (χ0) is 14.9. The third-order valence-corrected chi connectivity index (χ3v) is 4.43. The lowest BCUT2D eigenvalue weighted by Crippen LogP contribution is -2.34. The summed E-state index contributed by atoms with van der Waals surface area (Å²) in [5.41, 5.74) is 0.723. The predicted octanol–water partition coefficient (Wildman–Crippen LogP) is 3.82. The highest BCUT2D eigenvalue weighted by atomic mass is 35.5. The fourth-order valence-electron chi connectivity index (χ4n) is 2.07. The van der Waals surface area contributed by atoms with Crippen LogP contribution < -0.4 is 5.56 Å². The lowest BCUT2D eigenvalue weighted by molar-refractivity contribution is 0.205. The van der Waals surface area contributed by atoms with Gasteiger partial charge in [0.2, 0.25) is 0 Å². The number of para-hydroxylation sites is 1. The molecule has 1 aromatic heterocycles. The third kappa shape index (κ3) is 2.73. The fraction of sp³-hybridized carbons (Fsp3) is 0.500. The molecule has 0 bridgehead atoms. The largest absolute Gasteiger partial charge is 0.295 e. The topological polar surface area (TPSA) is 34.9 Å². The van der Waals surface area contributed by atoms with Crippen molar-refractivity contribution < 1.29 is 0 Å². The van der Waals surface area contributed by atoms with Gasteiger partial charge in [-0.05, 0) is 23.5 Å². The Morgan fingerprint density at radius 3 is 2.55 bits per heavy atom. The van der Waals surface area contributed by atoms with Crippen molar-refractivity contribution in [2.24, 2.45) is 11.3 Å². The molecule has 108 valence electrons. The zero-order valence-electron chi connectivity index (χ0n) is 12.5. The summed E-state index contributed by atoms with van der Waals surface area (Å²) >= 11 is 5.99. The Hall–Kier alpha value is -1.35. The van der Waals surface area contributed by atoms with Gasteiger partial charge in [0.1, 0.15) is 5.82 Å². The minimum absolute atomic E-state index is 0.0000231. The number of benzene rings is 1. The maximum absolute atomic E-state index is 12.7. The second kappa shape index (κ2) is 5.57. The van der Waals surface area contributed by atoms with E-state index >= 15 is 0 Å². The van der Waals surface area contributed by atoms with E-state index in [-0.39, 0.29) is 16.9 Å². The normalized spacial score (nSPS) is 12.3. The lowest BCUT2D eigenvalue weighted by atomic mass is 9.81. The monoisotopic (exact) mass is 292 g/mol. The molecule has 0 aliphatic carbocycles. The van der Waals surface area contributed by atoms with E-state index in [1.165, 1.54) is 0 Å². The molecule has 20 heavy (non-hydrogen) atoms. The highest BCUT2D eigenvalue weighted by Crippen LogP contribution is 2.28. The van der Waals surface area contributed by atoms with E-state index < -0.39 is 0 Å². The molecular weight excluding hydrogens is 272 g/mol. The van der Waals surface area contributed by atoms with Gasteiger partial charge in [-0.25, -0.2) is 4.98 Å². The SMILES string of the molecule is CC(C)C(C)(C)Cn1c(CCl)nc2ccccc2c1=O. The van der Waals surface area contributed by atoms with E-state index in [0.717, 1.165) is 0 Å². The summed E-state index contributed by atoms with van der Waals surface area (Å²) in [5.74, 6) is 1.35. The molecule has 4 heteroatoms. The first-order chi connectivity index (χ1) is 9.36. The Kier molecular flexibility index (Phi) is 4.19. The molecule has 0 fully saturated rings. The predicted molar refractivity (Wildman–Crippen MR) is 84.2 cm³/mol. The fourth-order valence-corrected chi connectivity index (χ4v) is 2.27. The van der Waals surface area contributed by atoms with Crippen LogP contribution in [0.4, 0.5) is 0 Å². The van der Waals surface area contributed by atoms with E-state index in [0.29, 0.717) is 29.2 Å². The molecule has 0 aliphatic rings. The van der Waals surface area contributed by atoms with Crippen LogP contribution in [0, 0.1) is 11.3 Å². The molecule has 0 spiro atoms. The molecule has 0 radical (unpaired) electrons. The minimum Gasteiger partial charge on any atom is -0.295 e. The van der Waals surface area contributed by atoms with Crippen LogP contribution in [-0.4, -0.2) is 9.55 Å². The lowest BCUT2D eigenvalue weighted by Gasteiger charge is -2.30.